The maximum absolute atomic E-state index is 11.4. The van der Waals surface area contributed by atoms with E-state index < -0.39 is 0 Å². The number of hydrazine groups is 1. The van der Waals surface area contributed by atoms with Crippen molar-refractivity contribution >= 4 is 17.2 Å². The number of hydrogen-bond acceptors (Lipinski definition) is 5. The molecule has 1 fully saturated rings. The van der Waals surface area contributed by atoms with Crippen LogP contribution in [0.1, 0.15) is 28.4 Å². The van der Waals surface area contributed by atoms with E-state index in [9.17, 15) is 4.79 Å². The van der Waals surface area contributed by atoms with Crippen molar-refractivity contribution in [3.05, 3.63) is 21.9 Å². The number of nitrogens with one attached hydrogen (secondary N) is 1. The third-order valence-corrected chi connectivity index (χ3v) is 4.25. The van der Waals surface area contributed by atoms with E-state index in [4.69, 9.17) is 10.6 Å². The Morgan fingerprint density at radius 3 is 3.06 bits per heavy atom. The molecule has 0 aliphatic carbocycles. The molecule has 18 heavy (non-hydrogen) atoms. The van der Waals surface area contributed by atoms with Crippen LogP contribution >= 0.6 is 11.3 Å². The zero-order chi connectivity index (χ0) is 13.2. The van der Waals surface area contributed by atoms with Crippen LogP contribution in [-0.2, 0) is 11.3 Å². The summed E-state index contributed by atoms with van der Waals surface area (Å²) < 4.78 is 5.49. The molecule has 0 aromatic carbocycles. The molecule has 0 spiro atoms. The van der Waals surface area contributed by atoms with Crippen LogP contribution in [0.25, 0.3) is 0 Å². The van der Waals surface area contributed by atoms with E-state index >= 15 is 0 Å². The Morgan fingerprint density at radius 2 is 2.39 bits per heavy atom. The molecule has 1 aliphatic rings. The van der Waals surface area contributed by atoms with Crippen molar-refractivity contribution in [3.63, 3.8) is 0 Å². The average Bonchev–Trinajstić information content (AvgIpc) is 2.79. The van der Waals surface area contributed by atoms with Crippen LogP contribution in [-0.4, -0.2) is 36.1 Å². The third-order valence-electron chi connectivity index (χ3n) is 3.18. The predicted octanol–water partition coefficient (Wildman–Crippen LogP) is 0.962. The van der Waals surface area contributed by atoms with Gasteiger partial charge < -0.3 is 4.74 Å². The molecule has 1 aromatic heterocycles. The van der Waals surface area contributed by atoms with E-state index in [2.05, 4.69) is 24.2 Å². The fourth-order valence-electron chi connectivity index (χ4n) is 2.03. The summed E-state index contributed by atoms with van der Waals surface area (Å²) in [6, 6.07) is 3.80. The van der Waals surface area contributed by atoms with E-state index in [1.165, 1.54) is 16.2 Å². The lowest BCUT2D eigenvalue weighted by Crippen LogP contribution is -2.52. The number of nitrogens with two attached hydrogens (primary N) is 1. The summed E-state index contributed by atoms with van der Waals surface area (Å²) in [5, 5.41) is 0. The van der Waals surface area contributed by atoms with Gasteiger partial charge in [-0.2, -0.15) is 0 Å². The van der Waals surface area contributed by atoms with Gasteiger partial charge in [-0.25, -0.2) is 5.84 Å². The molecule has 100 valence electrons. The van der Waals surface area contributed by atoms with Gasteiger partial charge in [0.05, 0.1) is 18.1 Å². The second-order valence-electron chi connectivity index (χ2n) is 5.03. The quantitative estimate of drug-likeness (QED) is 0.487. The van der Waals surface area contributed by atoms with E-state index in [1.54, 1.807) is 0 Å². The van der Waals surface area contributed by atoms with Crippen molar-refractivity contribution in [2.45, 2.75) is 25.9 Å². The molecule has 0 bridgehead atoms. The number of amides is 1. The lowest BCUT2D eigenvalue weighted by atomic mass is 10.0. The fourth-order valence-corrected chi connectivity index (χ4v) is 2.95. The van der Waals surface area contributed by atoms with Gasteiger partial charge in [0.1, 0.15) is 0 Å². The molecular formula is C12H19N3O2S. The first kappa shape index (κ1) is 13.5. The first-order chi connectivity index (χ1) is 8.53. The zero-order valence-corrected chi connectivity index (χ0v) is 11.5. The molecule has 6 heteroatoms. The fraction of sp³-hybridized carbons (Fsp3) is 0.583. The van der Waals surface area contributed by atoms with Gasteiger partial charge in [-0.1, -0.05) is 0 Å². The van der Waals surface area contributed by atoms with Gasteiger partial charge in [-0.3, -0.25) is 15.1 Å². The zero-order valence-electron chi connectivity index (χ0n) is 10.7. The molecule has 1 saturated heterocycles. The molecule has 0 radical (unpaired) electrons. The summed E-state index contributed by atoms with van der Waals surface area (Å²) in [7, 11) is 0. The average molecular weight is 269 g/mol. The number of rotatable bonds is 3. The summed E-state index contributed by atoms with van der Waals surface area (Å²) in [5.41, 5.74) is 2.19. The van der Waals surface area contributed by atoms with Gasteiger partial charge in [-0.15, -0.1) is 11.3 Å². The number of ether oxygens (including phenoxy) is 1. The van der Waals surface area contributed by atoms with Crippen molar-refractivity contribution in [2.24, 2.45) is 5.84 Å². The van der Waals surface area contributed by atoms with Crippen LogP contribution in [0.15, 0.2) is 12.1 Å². The Morgan fingerprint density at radius 1 is 1.61 bits per heavy atom. The number of hydrogen-bond donors (Lipinski definition) is 2. The highest BCUT2D eigenvalue weighted by Crippen LogP contribution is 2.25. The van der Waals surface area contributed by atoms with Crippen LogP contribution < -0.4 is 11.3 Å². The normalized spacial score (nSPS) is 19.7. The summed E-state index contributed by atoms with van der Waals surface area (Å²) in [6.45, 7) is 7.63. The summed E-state index contributed by atoms with van der Waals surface area (Å²) in [5.74, 6) is 4.89. The molecule has 1 aromatic rings. The van der Waals surface area contributed by atoms with E-state index in [-0.39, 0.29) is 11.4 Å². The van der Waals surface area contributed by atoms with Gasteiger partial charge in [0, 0.05) is 23.5 Å². The Balaban J connectivity index is 2.04. The number of thiophene rings is 1. The lowest BCUT2D eigenvalue weighted by molar-refractivity contribution is -0.0548. The van der Waals surface area contributed by atoms with Crippen LogP contribution in [0, 0.1) is 0 Å². The third kappa shape index (κ3) is 2.89. The summed E-state index contributed by atoms with van der Waals surface area (Å²) in [6.07, 6.45) is 0. The predicted molar refractivity (Wildman–Crippen MR) is 71.3 cm³/mol. The second kappa shape index (κ2) is 5.36. The molecule has 0 saturated carbocycles. The first-order valence-electron chi connectivity index (χ1n) is 5.95. The molecule has 5 nitrogen and oxygen atoms in total. The highest BCUT2D eigenvalue weighted by atomic mass is 32.1. The Bertz CT molecular complexity index is 431. The van der Waals surface area contributed by atoms with Gasteiger partial charge in [0.2, 0.25) is 0 Å². The van der Waals surface area contributed by atoms with Crippen LogP contribution in [0.3, 0.4) is 0 Å². The number of morpholine rings is 1. The lowest BCUT2D eigenvalue weighted by Gasteiger charge is -2.41. The van der Waals surface area contributed by atoms with Crippen molar-refractivity contribution in [1.29, 1.82) is 0 Å². The van der Waals surface area contributed by atoms with Crippen molar-refractivity contribution < 1.29 is 9.53 Å². The maximum atomic E-state index is 11.4. The van der Waals surface area contributed by atoms with Crippen LogP contribution in [0.4, 0.5) is 0 Å². The molecule has 1 amide bonds. The van der Waals surface area contributed by atoms with E-state index in [1.807, 2.05) is 12.1 Å². The monoisotopic (exact) mass is 269 g/mol. The Hall–Kier alpha value is -0.950. The Labute approximate surface area is 111 Å². The van der Waals surface area contributed by atoms with E-state index in [0.717, 1.165) is 26.3 Å². The van der Waals surface area contributed by atoms with Crippen molar-refractivity contribution in [2.75, 3.05) is 19.8 Å². The smallest absolute Gasteiger partial charge is 0.275 e. The van der Waals surface area contributed by atoms with Gasteiger partial charge in [-0.05, 0) is 26.0 Å². The van der Waals surface area contributed by atoms with Gasteiger partial charge in [0.15, 0.2) is 0 Å². The van der Waals surface area contributed by atoms with Crippen LogP contribution in [0.5, 0.6) is 0 Å². The largest absolute Gasteiger partial charge is 0.378 e. The number of nitrogen functional groups attached to an aromatic ring is 1. The standard InChI is InChI=1S/C12H19N3O2S/c1-12(2)8-17-6-5-15(12)7-9-3-4-10(18-9)11(16)14-13/h3-4H,5-8,13H2,1-2H3,(H,14,16). The number of carbonyl (C=O) groups is 1. The summed E-state index contributed by atoms with van der Waals surface area (Å²) in [4.78, 5) is 15.6. The molecule has 1 aliphatic heterocycles. The Kier molecular flexibility index (Phi) is 4.01. The molecule has 2 rings (SSSR count). The maximum Gasteiger partial charge on any atom is 0.275 e. The number of nitrogens with zero attached hydrogens (tertiary/aromatic N) is 1. The molecule has 3 N–H and O–H groups in total. The first-order valence-corrected chi connectivity index (χ1v) is 6.77. The SMILES string of the molecule is CC1(C)COCCN1Cc1ccc(C(=O)NN)s1. The number of carbonyl (C=O) groups excluding carboxylic acids is 1. The highest BCUT2D eigenvalue weighted by molar-refractivity contribution is 7.14. The highest BCUT2D eigenvalue weighted by Gasteiger charge is 2.30. The molecular weight excluding hydrogens is 250 g/mol. The minimum Gasteiger partial charge on any atom is -0.378 e. The topological polar surface area (TPSA) is 67.6 Å². The molecule has 0 atom stereocenters. The van der Waals surface area contributed by atoms with E-state index in [0.29, 0.717) is 4.88 Å². The molecule has 0 unspecified atom stereocenters. The van der Waals surface area contributed by atoms with Gasteiger partial charge in [0.25, 0.3) is 5.91 Å². The summed E-state index contributed by atoms with van der Waals surface area (Å²) >= 11 is 1.49. The second-order valence-corrected chi connectivity index (χ2v) is 6.19. The van der Waals surface area contributed by atoms with Crippen molar-refractivity contribution in [3.8, 4) is 0 Å². The molecule has 2 heterocycles. The minimum absolute atomic E-state index is 0.0402. The minimum atomic E-state index is -0.229. The van der Waals surface area contributed by atoms with Crippen LogP contribution in [0.2, 0.25) is 0 Å². The van der Waals surface area contributed by atoms with Crippen molar-refractivity contribution in [1.82, 2.24) is 10.3 Å². The van der Waals surface area contributed by atoms with Gasteiger partial charge >= 0.3 is 0 Å².